The maximum atomic E-state index is 12.5. The standard InChI is InChI=1S/C20H35N3O4/c1-3-5-6-7-8-12-18(24)23-17(10-4-2)20(27)22-16(11-9-15-21)13-14-19(25)26/h8,12-14,16-17H,3-7,9-11,15,21H2,1-2H3,(H,22,27)(H,23,24)(H,25,26)/b12-8+,14-13+/t16-,17-/m0/s1. The van der Waals surface area contributed by atoms with Crippen LogP contribution in [0.25, 0.3) is 0 Å². The minimum absolute atomic E-state index is 0.292. The minimum atomic E-state index is -1.08. The molecule has 0 radical (unpaired) electrons. The van der Waals surface area contributed by atoms with Gasteiger partial charge in [-0.05, 0) is 44.7 Å². The van der Waals surface area contributed by atoms with Gasteiger partial charge in [-0.2, -0.15) is 0 Å². The second kappa shape index (κ2) is 16.1. The zero-order chi connectivity index (χ0) is 20.5. The van der Waals surface area contributed by atoms with Gasteiger partial charge in [0.15, 0.2) is 0 Å². The Hall–Kier alpha value is -2.15. The quantitative estimate of drug-likeness (QED) is 0.256. The molecule has 0 heterocycles. The molecule has 154 valence electrons. The van der Waals surface area contributed by atoms with E-state index in [4.69, 9.17) is 10.8 Å². The Balaban J connectivity index is 4.76. The summed E-state index contributed by atoms with van der Waals surface area (Å²) in [6, 6.07) is -1.08. The molecule has 0 fully saturated rings. The van der Waals surface area contributed by atoms with Crippen molar-refractivity contribution < 1.29 is 19.5 Å². The number of carboxylic acid groups (broad SMARTS) is 1. The summed E-state index contributed by atoms with van der Waals surface area (Å²) in [6.07, 6.45) is 12.3. The lowest BCUT2D eigenvalue weighted by molar-refractivity contribution is -0.131. The van der Waals surface area contributed by atoms with Gasteiger partial charge in [0.25, 0.3) is 0 Å². The van der Waals surface area contributed by atoms with Crippen molar-refractivity contribution in [2.75, 3.05) is 6.54 Å². The van der Waals surface area contributed by atoms with E-state index in [0.717, 1.165) is 38.2 Å². The Bertz CT molecular complexity index is 503. The van der Waals surface area contributed by atoms with E-state index in [9.17, 15) is 14.4 Å². The fourth-order valence-corrected chi connectivity index (χ4v) is 2.52. The third-order valence-electron chi connectivity index (χ3n) is 3.97. The molecule has 2 atom stereocenters. The molecule has 27 heavy (non-hydrogen) atoms. The van der Waals surface area contributed by atoms with Gasteiger partial charge in [0.05, 0.1) is 0 Å². The van der Waals surface area contributed by atoms with Crippen molar-refractivity contribution in [2.45, 2.75) is 77.3 Å². The van der Waals surface area contributed by atoms with Gasteiger partial charge < -0.3 is 21.5 Å². The average molecular weight is 382 g/mol. The Morgan fingerprint density at radius 3 is 2.33 bits per heavy atom. The zero-order valence-corrected chi connectivity index (χ0v) is 16.6. The van der Waals surface area contributed by atoms with Crippen LogP contribution in [0.1, 0.15) is 65.2 Å². The minimum Gasteiger partial charge on any atom is -0.478 e. The van der Waals surface area contributed by atoms with Crippen LogP contribution in [0.5, 0.6) is 0 Å². The number of rotatable bonds is 15. The highest BCUT2D eigenvalue weighted by Gasteiger charge is 2.21. The van der Waals surface area contributed by atoms with E-state index in [-0.39, 0.29) is 11.8 Å². The molecule has 0 saturated heterocycles. The number of hydrogen-bond acceptors (Lipinski definition) is 4. The van der Waals surface area contributed by atoms with Gasteiger partial charge in [-0.15, -0.1) is 0 Å². The lowest BCUT2D eigenvalue weighted by Crippen LogP contribution is -2.49. The number of nitrogens with two attached hydrogens (primary N) is 1. The van der Waals surface area contributed by atoms with Crippen LogP contribution in [0, 0.1) is 0 Å². The monoisotopic (exact) mass is 381 g/mol. The van der Waals surface area contributed by atoms with E-state index in [1.807, 2.05) is 13.0 Å². The lowest BCUT2D eigenvalue weighted by atomic mass is 10.1. The molecule has 0 aromatic carbocycles. The SMILES string of the molecule is CCCCC/C=C/C(=O)N[C@@H](CCC)C(=O)N[C@H](/C=C/C(=O)O)CCCN. The van der Waals surface area contributed by atoms with E-state index >= 15 is 0 Å². The predicted molar refractivity (Wildman–Crippen MR) is 107 cm³/mol. The topological polar surface area (TPSA) is 122 Å². The van der Waals surface area contributed by atoms with Crippen LogP contribution >= 0.6 is 0 Å². The lowest BCUT2D eigenvalue weighted by Gasteiger charge is -2.21. The van der Waals surface area contributed by atoms with Crippen molar-refractivity contribution >= 4 is 17.8 Å². The van der Waals surface area contributed by atoms with E-state index in [1.54, 1.807) is 0 Å². The van der Waals surface area contributed by atoms with Gasteiger partial charge in [0.2, 0.25) is 11.8 Å². The van der Waals surface area contributed by atoms with E-state index in [0.29, 0.717) is 25.8 Å². The summed E-state index contributed by atoms with van der Waals surface area (Å²) < 4.78 is 0. The van der Waals surface area contributed by atoms with Crippen LogP contribution in [0.4, 0.5) is 0 Å². The summed E-state index contributed by atoms with van der Waals surface area (Å²) in [5.41, 5.74) is 5.50. The van der Waals surface area contributed by atoms with Crippen LogP contribution in [0.2, 0.25) is 0 Å². The number of nitrogens with one attached hydrogen (secondary N) is 2. The number of carboxylic acids is 1. The first kappa shape index (κ1) is 24.8. The second-order valence-corrected chi connectivity index (χ2v) is 6.49. The van der Waals surface area contributed by atoms with Gasteiger partial charge in [0.1, 0.15) is 6.04 Å². The van der Waals surface area contributed by atoms with Gasteiger partial charge in [-0.25, -0.2) is 4.79 Å². The molecule has 7 heteroatoms. The number of allylic oxidation sites excluding steroid dienone is 1. The first-order valence-corrected chi connectivity index (χ1v) is 9.83. The molecule has 0 rings (SSSR count). The highest BCUT2D eigenvalue weighted by Crippen LogP contribution is 2.04. The summed E-state index contributed by atoms with van der Waals surface area (Å²) in [4.78, 5) is 35.3. The fourth-order valence-electron chi connectivity index (χ4n) is 2.52. The molecule has 7 nitrogen and oxygen atoms in total. The molecule has 0 aliphatic rings. The fraction of sp³-hybridized carbons (Fsp3) is 0.650. The first-order valence-electron chi connectivity index (χ1n) is 9.83. The second-order valence-electron chi connectivity index (χ2n) is 6.49. The summed E-state index contributed by atoms with van der Waals surface area (Å²) in [5.74, 6) is -1.69. The number of unbranched alkanes of at least 4 members (excludes halogenated alkanes) is 3. The normalized spacial score (nSPS) is 13.6. The predicted octanol–water partition coefficient (Wildman–Crippen LogP) is 2.27. The molecule has 0 aromatic rings. The third kappa shape index (κ3) is 13.7. The molecule has 0 spiro atoms. The molecular weight excluding hydrogens is 346 g/mol. The molecule has 0 bridgehead atoms. The number of carbonyl (C=O) groups is 3. The van der Waals surface area contributed by atoms with Crippen LogP contribution < -0.4 is 16.4 Å². The smallest absolute Gasteiger partial charge is 0.328 e. The first-order chi connectivity index (χ1) is 12.9. The average Bonchev–Trinajstić information content (AvgIpc) is 2.63. The third-order valence-corrected chi connectivity index (χ3v) is 3.97. The van der Waals surface area contributed by atoms with Gasteiger partial charge >= 0.3 is 5.97 Å². The molecular formula is C20H35N3O4. The van der Waals surface area contributed by atoms with E-state index in [2.05, 4.69) is 17.6 Å². The van der Waals surface area contributed by atoms with Gasteiger partial charge in [0, 0.05) is 12.1 Å². The number of hydrogen-bond donors (Lipinski definition) is 4. The van der Waals surface area contributed by atoms with Crippen LogP contribution in [-0.2, 0) is 14.4 Å². The number of aliphatic carboxylic acids is 1. The Morgan fingerprint density at radius 2 is 1.74 bits per heavy atom. The van der Waals surface area contributed by atoms with Crippen molar-refractivity contribution in [3.63, 3.8) is 0 Å². The maximum absolute atomic E-state index is 12.5. The maximum Gasteiger partial charge on any atom is 0.328 e. The molecule has 2 amide bonds. The number of amides is 2. The molecule has 0 aliphatic carbocycles. The highest BCUT2D eigenvalue weighted by molar-refractivity contribution is 5.93. The van der Waals surface area contributed by atoms with E-state index < -0.39 is 18.1 Å². The Labute approximate surface area is 162 Å². The van der Waals surface area contributed by atoms with Crippen molar-refractivity contribution in [3.05, 3.63) is 24.3 Å². The molecule has 0 saturated carbocycles. The molecule has 0 aromatic heterocycles. The van der Waals surface area contributed by atoms with E-state index in [1.165, 1.54) is 12.2 Å². The molecule has 5 N–H and O–H groups in total. The van der Waals surface area contributed by atoms with Gasteiger partial charge in [-0.3, -0.25) is 9.59 Å². The van der Waals surface area contributed by atoms with Crippen LogP contribution in [0.3, 0.4) is 0 Å². The summed E-state index contributed by atoms with van der Waals surface area (Å²) in [5, 5.41) is 14.3. The van der Waals surface area contributed by atoms with Crippen LogP contribution in [-0.4, -0.2) is 41.5 Å². The zero-order valence-electron chi connectivity index (χ0n) is 16.6. The Morgan fingerprint density at radius 1 is 1.00 bits per heavy atom. The summed E-state index contributed by atoms with van der Waals surface area (Å²) in [7, 11) is 0. The highest BCUT2D eigenvalue weighted by atomic mass is 16.4. The largest absolute Gasteiger partial charge is 0.478 e. The number of carbonyl (C=O) groups excluding carboxylic acids is 2. The van der Waals surface area contributed by atoms with Crippen molar-refractivity contribution in [1.29, 1.82) is 0 Å². The summed E-state index contributed by atoms with van der Waals surface area (Å²) >= 11 is 0. The van der Waals surface area contributed by atoms with Gasteiger partial charge in [-0.1, -0.05) is 45.3 Å². The van der Waals surface area contributed by atoms with Crippen molar-refractivity contribution in [3.8, 4) is 0 Å². The van der Waals surface area contributed by atoms with Crippen molar-refractivity contribution in [1.82, 2.24) is 10.6 Å². The molecule has 0 aliphatic heterocycles. The summed E-state index contributed by atoms with van der Waals surface area (Å²) in [6.45, 7) is 4.51. The van der Waals surface area contributed by atoms with Crippen molar-refractivity contribution in [2.24, 2.45) is 5.73 Å². The molecule has 0 unspecified atom stereocenters. The Kier molecular flexibility index (Phi) is 14.8. The van der Waals surface area contributed by atoms with Crippen LogP contribution in [0.15, 0.2) is 24.3 Å².